The van der Waals surface area contributed by atoms with Crippen molar-refractivity contribution in [1.29, 1.82) is 0 Å². The Bertz CT molecular complexity index is 713. The first-order chi connectivity index (χ1) is 11.2. The van der Waals surface area contributed by atoms with E-state index in [-0.39, 0.29) is 5.91 Å². The van der Waals surface area contributed by atoms with E-state index < -0.39 is 12.1 Å². The Morgan fingerprint density at radius 3 is 2.78 bits per heavy atom. The molecule has 1 saturated heterocycles. The third-order valence-corrected chi connectivity index (χ3v) is 4.20. The van der Waals surface area contributed by atoms with Crippen molar-refractivity contribution in [3.05, 3.63) is 42.1 Å². The summed E-state index contributed by atoms with van der Waals surface area (Å²) >= 11 is 0. The van der Waals surface area contributed by atoms with Crippen molar-refractivity contribution in [3.63, 3.8) is 0 Å². The summed E-state index contributed by atoms with van der Waals surface area (Å²) in [5.74, 6) is -0.254. The van der Waals surface area contributed by atoms with Crippen LogP contribution in [0.1, 0.15) is 24.5 Å². The molecule has 0 spiro atoms. The van der Waals surface area contributed by atoms with Gasteiger partial charge in [0.15, 0.2) is 0 Å². The van der Waals surface area contributed by atoms with Gasteiger partial charge in [-0.05, 0) is 25.0 Å². The molecule has 0 bridgehead atoms. The average Bonchev–Trinajstić information content (AvgIpc) is 3.12. The van der Waals surface area contributed by atoms with Gasteiger partial charge in [-0.2, -0.15) is 0 Å². The van der Waals surface area contributed by atoms with Crippen molar-refractivity contribution in [2.24, 2.45) is 0 Å². The van der Waals surface area contributed by atoms with E-state index in [1.165, 1.54) is 0 Å². The van der Waals surface area contributed by atoms with Crippen molar-refractivity contribution < 1.29 is 14.7 Å². The first-order valence-corrected chi connectivity index (χ1v) is 7.72. The number of rotatable bonds is 5. The van der Waals surface area contributed by atoms with Crippen LogP contribution in [0.4, 0.5) is 0 Å². The second-order valence-electron chi connectivity index (χ2n) is 5.70. The fourth-order valence-electron chi connectivity index (χ4n) is 2.95. The predicted octanol–water partition coefficient (Wildman–Crippen LogP) is 1.01. The summed E-state index contributed by atoms with van der Waals surface area (Å²) in [4.78, 5) is 29.4. The molecule has 1 aliphatic rings. The molecule has 2 atom stereocenters. The predicted molar refractivity (Wildman–Crippen MR) is 85.5 cm³/mol. The molecule has 6 heteroatoms. The molecule has 3 rings (SSSR count). The van der Waals surface area contributed by atoms with Gasteiger partial charge in [0.25, 0.3) is 0 Å². The van der Waals surface area contributed by atoms with E-state index >= 15 is 0 Å². The molecular weight excluding hydrogens is 294 g/mol. The standard InChI is InChI=1S/C17H19N3O3/c21-11-19-15(17(23)20-7-3-4-8-20)16(22)13-9-12-5-1-2-6-14(12)18-10-13/h1-2,5-6,9-11,15-16,22H,3-4,7-8H2,(H,19,21). The second-order valence-corrected chi connectivity index (χ2v) is 5.70. The third-order valence-electron chi connectivity index (χ3n) is 4.20. The highest BCUT2D eigenvalue weighted by Crippen LogP contribution is 2.22. The quantitative estimate of drug-likeness (QED) is 0.807. The summed E-state index contributed by atoms with van der Waals surface area (Å²) in [7, 11) is 0. The van der Waals surface area contributed by atoms with Gasteiger partial charge in [-0.25, -0.2) is 0 Å². The maximum absolute atomic E-state index is 12.5. The summed E-state index contributed by atoms with van der Waals surface area (Å²) < 4.78 is 0. The lowest BCUT2D eigenvalue weighted by Gasteiger charge is -2.26. The minimum absolute atomic E-state index is 0.254. The molecule has 120 valence electrons. The molecule has 0 aliphatic carbocycles. The van der Waals surface area contributed by atoms with E-state index in [0.717, 1.165) is 23.7 Å². The van der Waals surface area contributed by atoms with Gasteiger partial charge in [-0.3, -0.25) is 14.6 Å². The molecule has 1 aromatic carbocycles. The average molecular weight is 313 g/mol. The maximum Gasteiger partial charge on any atom is 0.248 e. The van der Waals surface area contributed by atoms with Crippen LogP contribution in [0.5, 0.6) is 0 Å². The van der Waals surface area contributed by atoms with Crippen molar-refractivity contribution in [2.75, 3.05) is 13.1 Å². The van der Waals surface area contributed by atoms with E-state index in [0.29, 0.717) is 25.1 Å². The number of carbonyl (C=O) groups excluding carboxylic acids is 2. The zero-order chi connectivity index (χ0) is 16.2. The van der Waals surface area contributed by atoms with Crippen molar-refractivity contribution in [3.8, 4) is 0 Å². The van der Waals surface area contributed by atoms with Gasteiger partial charge in [0.05, 0.1) is 5.52 Å². The molecule has 2 heterocycles. The Morgan fingerprint density at radius 1 is 1.30 bits per heavy atom. The van der Waals surface area contributed by atoms with Crippen molar-refractivity contribution in [2.45, 2.75) is 25.0 Å². The number of hydrogen-bond acceptors (Lipinski definition) is 4. The molecule has 2 N–H and O–H groups in total. The Kier molecular flexibility index (Phi) is 4.52. The summed E-state index contributed by atoms with van der Waals surface area (Å²) in [6.07, 6.45) is 2.77. The second kappa shape index (κ2) is 6.75. The number of carbonyl (C=O) groups is 2. The number of para-hydroxylation sites is 1. The molecule has 1 aliphatic heterocycles. The van der Waals surface area contributed by atoms with Crippen molar-refractivity contribution in [1.82, 2.24) is 15.2 Å². The highest BCUT2D eigenvalue weighted by molar-refractivity contribution is 5.85. The number of amides is 2. The molecule has 1 fully saturated rings. The molecule has 1 aromatic heterocycles. The fourth-order valence-corrected chi connectivity index (χ4v) is 2.95. The molecule has 0 radical (unpaired) electrons. The minimum Gasteiger partial charge on any atom is -0.386 e. The number of nitrogens with zero attached hydrogens (tertiary/aromatic N) is 2. The minimum atomic E-state index is -1.13. The van der Waals surface area contributed by atoms with Gasteiger partial charge in [-0.15, -0.1) is 0 Å². The number of pyridine rings is 1. The largest absolute Gasteiger partial charge is 0.386 e. The van der Waals surface area contributed by atoms with Crippen LogP contribution >= 0.6 is 0 Å². The summed E-state index contributed by atoms with van der Waals surface area (Å²) in [5.41, 5.74) is 1.32. The van der Waals surface area contributed by atoms with Crippen LogP contribution in [0.15, 0.2) is 36.5 Å². The van der Waals surface area contributed by atoms with Crippen LogP contribution in [0, 0.1) is 0 Å². The molecule has 2 unspecified atom stereocenters. The Labute approximate surface area is 134 Å². The fraction of sp³-hybridized carbons (Fsp3) is 0.353. The molecule has 0 saturated carbocycles. The number of aromatic nitrogens is 1. The molecule has 6 nitrogen and oxygen atoms in total. The number of nitrogens with one attached hydrogen (secondary N) is 1. The van der Waals surface area contributed by atoms with Crippen LogP contribution in [0.25, 0.3) is 10.9 Å². The van der Waals surface area contributed by atoms with Crippen LogP contribution in [0.3, 0.4) is 0 Å². The zero-order valence-electron chi connectivity index (χ0n) is 12.7. The molecule has 23 heavy (non-hydrogen) atoms. The van der Waals surface area contributed by atoms with Gasteiger partial charge in [-0.1, -0.05) is 18.2 Å². The smallest absolute Gasteiger partial charge is 0.248 e. The topological polar surface area (TPSA) is 82.5 Å². The summed E-state index contributed by atoms with van der Waals surface area (Å²) in [6, 6.07) is 8.35. The van der Waals surface area contributed by atoms with Crippen molar-refractivity contribution >= 4 is 23.2 Å². The van der Waals surface area contributed by atoms with E-state index in [4.69, 9.17) is 0 Å². The van der Waals surface area contributed by atoms with Gasteiger partial charge < -0.3 is 15.3 Å². The highest BCUT2D eigenvalue weighted by Gasteiger charge is 2.32. The van der Waals surface area contributed by atoms with Gasteiger partial charge in [0, 0.05) is 30.2 Å². The first kappa shape index (κ1) is 15.4. The lowest BCUT2D eigenvalue weighted by Crippen LogP contribution is -2.48. The lowest BCUT2D eigenvalue weighted by atomic mass is 10.0. The lowest BCUT2D eigenvalue weighted by molar-refractivity contribution is -0.137. The van der Waals surface area contributed by atoms with E-state index in [9.17, 15) is 14.7 Å². The normalized spacial score (nSPS) is 17.0. The van der Waals surface area contributed by atoms with Crippen LogP contribution in [-0.4, -0.2) is 46.4 Å². The SMILES string of the molecule is O=CNC(C(=O)N1CCCC1)C(O)c1cnc2ccccc2c1. The Hall–Kier alpha value is -2.47. The number of hydrogen-bond donors (Lipinski definition) is 2. The van der Waals surface area contributed by atoms with Gasteiger partial charge >= 0.3 is 0 Å². The first-order valence-electron chi connectivity index (χ1n) is 7.72. The molecular formula is C17H19N3O3. The number of aliphatic hydroxyl groups excluding tert-OH is 1. The van der Waals surface area contributed by atoms with Gasteiger partial charge in [0.1, 0.15) is 12.1 Å². The summed E-state index contributed by atoms with van der Waals surface area (Å²) in [5, 5.41) is 13.9. The maximum atomic E-state index is 12.5. The van der Waals surface area contributed by atoms with Gasteiger partial charge in [0.2, 0.25) is 12.3 Å². The third kappa shape index (κ3) is 3.17. The number of fused-ring (bicyclic) bond motifs is 1. The number of aliphatic hydroxyl groups is 1. The number of likely N-dealkylation sites (tertiary alicyclic amines) is 1. The zero-order valence-corrected chi connectivity index (χ0v) is 12.7. The van der Waals surface area contributed by atoms with Crippen LogP contribution in [0.2, 0.25) is 0 Å². The van der Waals surface area contributed by atoms with E-state index in [2.05, 4.69) is 10.3 Å². The molecule has 2 aromatic rings. The van der Waals surface area contributed by atoms with Crippen LogP contribution < -0.4 is 5.32 Å². The van der Waals surface area contributed by atoms with Crippen LogP contribution in [-0.2, 0) is 9.59 Å². The highest BCUT2D eigenvalue weighted by atomic mass is 16.3. The summed E-state index contributed by atoms with van der Waals surface area (Å²) in [6.45, 7) is 1.33. The molecule has 2 amide bonds. The van der Waals surface area contributed by atoms with E-state index in [1.807, 2.05) is 24.3 Å². The monoisotopic (exact) mass is 313 g/mol. The Balaban J connectivity index is 1.87. The Morgan fingerprint density at radius 2 is 2.04 bits per heavy atom. The van der Waals surface area contributed by atoms with E-state index in [1.54, 1.807) is 17.2 Å². The number of benzene rings is 1.